The molecule has 1 amide bonds. The van der Waals surface area contributed by atoms with Crippen molar-refractivity contribution in [1.29, 1.82) is 0 Å². The van der Waals surface area contributed by atoms with Crippen LogP contribution < -0.4 is 10.1 Å². The highest BCUT2D eigenvalue weighted by molar-refractivity contribution is 6.06. The largest absolute Gasteiger partial charge is 0.496 e. The lowest BCUT2D eigenvalue weighted by Crippen LogP contribution is -2.22. The number of aryl methyl sites for hydroxylation is 1. The fourth-order valence-corrected chi connectivity index (χ4v) is 4.68. The number of nitrogens with one attached hydrogen (secondary N) is 1. The van der Waals surface area contributed by atoms with Gasteiger partial charge < -0.3 is 14.5 Å². The first-order valence-corrected chi connectivity index (χ1v) is 12.2. The number of hydrogen-bond donors (Lipinski definition) is 1. The molecule has 0 aliphatic heterocycles. The summed E-state index contributed by atoms with van der Waals surface area (Å²) in [5.41, 5.74) is 5.85. The molecule has 1 heterocycles. The summed E-state index contributed by atoms with van der Waals surface area (Å²) in [7, 11) is 1.64. The molecule has 0 atom stereocenters. The molecule has 36 heavy (non-hydrogen) atoms. The van der Waals surface area contributed by atoms with Crippen LogP contribution in [-0.2, 0) is 11.2 Å². The minimum atomic E-state index is -0.107. The number of furan rings is 1. The number of ether oxygens (including phenoxy) is 1. The molecule has 0 fully saturated rings. The molecule has 0 bridgehead atoms. The van der Waals surface area contributed by atoms with Gasteiger partial charge in [-0.3, -0.25) is 4.79 Å². The summed E-state index contributed by atoms with van der Waals surface area (Å²) in [6.07, 6.45) is 5.27. The molecule has 5 rings (SSSR count). The molecule has 180 valence electrons. The summed E-state index contributed by atoms with van der Waals surface area (Å²) in [6, 6.07) is 28.9. The Morgan fingerprint density at radius 1 is 0.917 bits per heavy atom. The molecule has 1 N–H and O–H groups in total. The third kappa shape index (κ3) is 4.89. The van der Waals surface area contributed by atoms with Crippen LogP contribution in [0.4, 0.5) is 0 Å². The lowest BCUT2D eigenvalue weighted by Gasteiger charge is -2.11. The van der Waals surface area contributed by atoms with Crippen molar-refractivity contribution < 1.29 is 13.9 Å². The molecule has 0 radical (unpaired) electrons. The van der Waals surface area contributed by atoms with Crippen molar-refractivity contribution in [2.24, 2.45) is 0 Å². The van der Waals surface area contributed by atoms with Gasteiger partial charge in [-0.2, -0.15) is 0 Å². The predicted octanol–water partition coefficient (Wildman–Crippen LogP) is 7.41. The van der Waals surface area contributed by atoms with E-state index in [4.69, 9.17) is 9.15 Å². The standard InChI is InChI=1S/C32H29NO3/c1-22(18-32(34)33-17-9-12-23-10-4-3-5-11-23)27-19-28-29(21-36-31(28)20-30(27)35-2)26-16-8-14-24-13-6-7-15-25(24)26/h3-8,10-11,13-16,18-21H,9,12,17H2,1-2H3,(H,33,34)/b22-18+. The smallest absolute Gasteiger partial charge is 0.244 e. The van der Waals surface area contributed by atoms with Crippen molar-refractivity contribution >= 4 is 33.2 Å². The van der Waals surface area contributed by atoms with E-state index in [9.17, 15) is 4.79 Å². The fraction of sp³-hybridized carbons (Fsp3) is 0.156. The second-order valence-corrected chi connectivity index (χ2v) is 8.93. The molecule has 0 aliphatic carbocycles. The zero-order valence-electron chi connectivity index (χ0n) is 20.6. The highest BCUT2D eigenvalue weighted by atomic mass is 16.5. The van der Waals surface area contributed by atoms with Crippen molar-refractivity contribution in [3.05, 3.63) is 108 Å². The summed E-state index contributed by atoms with van der Waals surface area (Å²) < 4.78 is 11.6. The Kier molecular flexibility index (Phi) is 6.85. The summed E-state index contributed by atoms with van der Waals surface area (Å²) in [6.45, 7) is 2.56. The van der Waals surface area contributed by atoms with Crippen LogP contribution >= 0.6 is 0 Å². The second-order valence-electron chi connectivity index (χ2n) is 8.93. The summed E-state index contributed by atoms with van der Waals surface area (Å²) >= 11 is 0. The normalized spacial score (nSPS) is 11.7. The first kappa shape index (κ1) is 23.4. The van der Waals surface area contributed by atoms with Crippen LogP contribution in [0.2, 0.25) is 0 Å². The number of methoxy groups -OCH3 is 1. The number of hydrogen-bond acceptors (Lipinski definition) is 3. The quantitative estimate of drug-likeness (QED) is 0.188. The van der Waals surface area contributed by atoms with Crippen LogP contribution in [0, 0.1) is 0 Å². The average Bonchev–Trinajstić information content (AvgIpc) is 3.33. The van der Waals surface area contributed by atoms with E-state index in [1.807, 2.05) is 43.3 Å². The molecule has 4 nitrogen and oxygen atoms in total. The highest BCUT2D eigenvalue weighted by Crippen LogP contribution is 2.39. The number of allylic oxidation sites excluding steroid dienone is 1. The SMILES string of the molecule is COc1cc2occ(-c3cccc4ccccc34)c2cc1/C(C)=C/C(=O)NCCCc1ccccc1. The van der Waals surface area contributed by atoms with Crippen LogP contribution in [0.15, 0.2) is 102 Å². The number of rotatable bonds is 8. The van der Waals surface area contributed by atoms with Gasteiger partial charge in [0.25, 0.3) is 0 Å². The number of fused-ring (bicyclic) bond motifs is 2. The third-order valence-electron chi connectivity index (χ3n) is 6.53. The molecule has 0 saturated heterocycles. The van der Waals surface area contributed by atoms with Crippen LogP contribution in [0.1, 0.15) is 24.5 Å². The van der Waals surface area contributed by atoms with Gasteiger partial charge >= 0.3 is 0 Å². The van der Waals surface area contributed by atoms with Crippen LogP contribution in [-0.4, -0.2) is 19.6 Å². The Hall–Kier alpha value is -4.31. The van der Waals surface area contributed by atoms with Crippen molar-refractivity contribution in [3.63, 3.8) is 0 Å². The number of amides is 1. The zero-order chi connectivity index (χ0) is 24.9. The molecule has 1 aromatic heterocycles. The molecule has 0 unspecified atom stereocenters. The van der Waals surface area contributed by atoms with Gasteiger partial charge in [0.1, 0.15) is 11.3 Å². The van der Waals surface area contributed by atoms with Crippen molar-refractivity contribution in [2.45, 2.75) is 19.8 Å². The molecular formula is C32H29NO3. The molecule has 5 aromatic rings. The zero-order valence-corrected chi connectivity index (χ0v) is 20.6. The van der Waals surface area contributed by atoms with Gasteiger partial charge in [0, 0.05) is 35.2 Å². The maximum absolute atomic E-state index is 12.6. The second kappa shape index (κ2) is 10.5. The van der Waals surface area contributed by atoms with Crippen LogP contribution in [0.3, 0.4) is 0 Å². The fourth-order valence-electron chi connectivity index (χ4n) is 4.68. The number of carbonyl (C=O) groups excluding carboxylic acids is 1. The molecule has 0 spiro atoms. The van der Waals surface area contributed by atoms with Gasteiger partial charge in [-0.25, -0.2) is 0 Å². The Morgan fingerprint density at radius 2 is 1.69 bits per heavy atom. The maximum atomic E-state index is 12.6. The van der Waals surface area contributed by atoms with E-state index in [2.05, 4.69) is 53.8 Å². The Labute approximate surface area is 211 Å². The van der Waals surface area contributed by atoms with Gasteiger partial charge in [0.05, 0.1) is 13.4 Å². The van der Waals surface area contributed by atoms with Gasteiger partial charge in [0.2, 0.25) is 5.91 Å². The first-order chi connectivity index (χ1) is 17.6. The molecule has 4 aromatic carbocycles. The first-order valence-electron chi connectivity index (χ1n) is 12.2. The van der Waals surface area contributed by atoms with Gasteiger partial charge in [-0.1, -0.05) is 72.8 Å². The Bertz CT molecular complexity index is 1540. The molecule has 0 aliphatic rings. The molecule has 0 saturated carbocycles. The van der Waals surface area contributed by atoms with E-state index in [1.54, 1.807) is 19.4 Å². The highest BCUT2D eigenvalue weighted by Gasteiger charge is 2.16. The lowest BCUT2D eigenvalue weighted by atomic mass is 9.96. The summed E-state index contributed by atoms with van der Waals surface area (Å²) in [5, 5.41) is 6.34. The average molecular weight is 476 g/mol. The van der Waals surface area contributed by atoms with E-state index < -0.39 is 0 Å². The number of carbonyl (C=O) groups is 1. The van der Waals surface area contributed by atoms with Crippen molar-refractivity contribution in [1.82, 2.24) is 5.32 Å². The topological polar surface area (TPSA) is 51.5 Å². The van der Waals surface area contributed by atoms with E-state index in [0.717, 1.165) is 46.1 Å². The lowest BCUT2D eigenvalue weighted by molar-refractivity contribution is -0.116. The maximum Gasteiger partial charge on any atom is 0.244 e. The summed E-state index contributed by atoms with van der Waals surface area (Å²) in [5.74, 6) is 0.566. The minimum absolute atomic E-state index is 0.107. The Morgan fingerprint density at radius 3 is 2.53 bits per heavy atom. The predicted molar refractivity (Wildman–Crippen MR) is 147 cm³/mol. The van der Waals surface area contributed by atoms with E-state index in [0.29, 0.717) is 12.3 Å². The van der Waals surface area contributed by atoms with E-state index in [-0.39, 0.29) is 5.91 Å². The molecule has 4 heteroatoms. The summed E-state index contributed by atoms with van der Waals surface area (Å²) in [4.78, 5) is 12.6. The van der Waals surface area contributed by atoms with Crippen LogP contribution in [0.5, 0.6) is 5.75 Å². The molecular weight excluding hydrogens is 446 g/mol. The van der Waals surface area contributed by atoms with E-state index >= 15 is 0 Å². The monoisotopic (exact) mass is 475 g/mol. The minimum Gasteiger partial charge on any atom is -0.496 e. The Balaban J connectivity index is 1.40. The van der Waals surface area contributed by atoms with Gasteiger partial charge in [-0.15, -0.1) is 0 Å². The van der Waals surface area contributed by atoms with Crippen LogP contribution in [0.25, 0.3) is 38.4 Å². The van der Waals surface area contributed by atoms with Gasteiger partial charge in [0.15, 0.2) is 0 Å². The van der Waals surface area contributed by atoms with Crippen molar-refractivity contribution in [3.8, 4) is 16.9 Å². The van der Waals surface area contributed by atoms with Gasteiger partial charge in [-0.05, 0) is 53.3 Å². The third-order valence-corrected chi connectivity index (χ3v) is 6.53. The number of benzene rings is 4. The van der Waals surface area contributed by atoms with Crippen molar-refractivity contribution in [2.75, 3.05) is 13.7 Å². The van der Waals surface area contributed by atoms with E-state index in [1.165, 1.54) is 16.3 Å².